The Morgan fingerprint density at radius 3 is 2.33 bits per heavy atom. The molecule has 2 aromatic carbocycles. The fraction of sp³-hybridized carbons (Fsp3) is 0.0714. The third kappa shape index (κ3) is 3.81. The standard InChI is InChI=1S/C14H13ClN2O3S/c15-11-7-4-8-12(9-11)21(19,20)17-13(14(16)18)10-5-2-1-3-6-10/h1-9,13,17H,(H2,16,18)/t13-/m0/s1. The Hall–Kier alpha value is -1.89. The van der Waals surface area contributed by atoms with Crippen molar-refractivity contribution < 1.29 is 13.2 Å². The molecular weight excluding hydrogens is 312 g/mol. The van der Waals surface area contributed by atoms with E-state index in [4.69, 9.17) is 17.3 Å². The average Bonchev–Trinajstić information content (AvgIpc) is 2.45. The van der Waals surface area contributed by atoms with Gasteiger partial charge in [-0.05, 0) is 23.8 Å². The quantitative estimate of drug-likeness (QED) is 0.879. The van der Waals surface area contributed by atoms with Crippen LogP contribution in [0, 0.1) is 0 Å². The number of rotatable bonds is 5. The number of benzene rings is 2. The number of nitrogens with two attached hydrogens (primary N) is 1. The van der Waals surface area contributed by atoms with E-state index in [0.717, 1.165) is 0 Å². The molecule has 21 heavy (non-hydrogen) atoms. The van der Waals surface area contributed by atoms with Crippen molar-refractivity contribution in [2.45, 2.75) is 10.9 Å². The van der Waals surface area contributed by atoms with Crippen LogP contribution < -0.4 is 10.5 Å². The molecule has 0 aromatic heterocycles. The lowest BCUT2D eigenvalue weighted by molar-refractivity contribution is -0.119. The van der Waals surface area contributed by atoms with E-state index in [1.54, 1.807) is 36.4 Å². The molecule has 5 nitrogen and oxygen atoms in total. The van der Waals surface area contributed by atoms with Crippen molar-refractivity contribution in [1.82, 2.24) is 4.72 Å². The minimum Gasteiger partial charge on any atom is -0.368 e. The van der Waals surface area contributed by atoms with Crippen LogP contribution in [-0.2, 0) is 14.8 Å². The molecule has 0 bridgehead atoms. The number of sulfonamides is 1. The van der Waals surface area contributed by atoms with Gasteiger partial charge in [0.15, 0.2) is 0 Å². The summed E-state index contributed by atoms with van der Waals surface area (Å²) in [5, 5.41) is 0.285. The van der Waals surface area contributed by atoms with Crippen LogP contribution in [0.1, 0.15) is 11.6 Å². The summed E-state index contributed by atoms with van der Waals surface area (Å²) in [7, 11) is -3.91. The summed E-state index contributed by atoms with van der Waals surface area (Å²) in [5.41, 5.74) is 5.76. The van der Waals surface area contributed by atoms with E-state index in [9.17, 15) is 13.2 Å². The third-order valence-corrected chi connectivity index (χ3v) is 4.45. The normalized spacial score (nSPS) is 12.8. The Labute approximate surface area is 127 Å². The first-order valence-corrected chi connectivity index (χ1v) is 7.88. The van der Waals surface area contributed by atoms with Gasteiger partial charge in [-0.3, -0.25) is 4.79 Å². The van der Waals surface area contributed by atoms with Gasteiger partial charge in [-0.25, -0.2) is 8.42 Å². The van der Waals surface area contributed by atoms with Gasteiger partial charge < -0.3 is 5.73 Å². The van der Waals surface area contributed by atoms with Crippen LogP contribution in [0.3, 0.4) is 0 Å². The van der Waals surface area contributed by atoms with Gasteiger partial charge in [-0.1, -0.05) is 48.0 Å². The molecule has 1 amide bonds. The predicted octanol–water partition coefficient (Wildman–Crippen LogP) is 1.84. The predicted molar refractivity (Wildman–Crippen MR) is 80.2 cm³/mol. The topological polar surface area (TPSA) is 89.3 Å². The van der Waals surface area contributed by atoms with Crippen LogP contribution >= 0.6 is 11.6 Å². The number of hydrogen-bond acceptors (Lipinski definition) is 3. The average molecular weight is 325 g/mol. The molecule has 3 N–H and O–H groups in total. The van der Waals surface area contributed by atoms with Gasteiger partial charge in [0.1, 0.15) is 6.04 Å². The fourth-order valence-electron chi connectivity index (χ4n) is 1.79. The fourth-order valence-corrected chi connectivity index (χ4v) is 3.29. The zero-order valence-electron chi connectivity index (χ0n) is 10.9. The Kier molecular flexibility index (Phi) is 4.62. The van der Waals surface area contributed by atoms with Gasteiger partial charge in [0.2, 0.25) is 15.9 Å². The zero-order valence-corrected chi connectivity index (χ0v) is 12.4. The van der Waals surface area contributed by atoms with Crippen LogP contribution in [0.4, 0.5) is 0 Å². The number of amides is 1. The van der Waals surface area contributed by atoms with Crippen LogP contribution in [-0.4, -0.2) is 14.3 Å². The van der Waals surface area contributed by atoms with Crippen molar-refractivity contribution in [3.8, 4) is 0 Å². The minimum atomic E-state index is -3.91. The summed E-state index contributed by atoms with van der Waals surface area (Å²) in [6, 6.07) is 13.0. The smallest absolute Gasteiger partial charge is 0.241 e. The Morgan fingerprint density at radius 2 is 1.76 bits per heavy atom. The highest BCUT2D eigenvalue weighted by molar-refractivity contribution is 7.89. The Bertz CT molecular complexity index is 748. The second-order valence-electron chi connectivity index (χ2n) is 4.32. The van der Waals surface area contributed by atoms with E-state index in [1.165, 1.54) is 18.2 Å². The van der Waals surface area contributed by atoms with E-state index < -0.39 is 22.0 Å². The molecule has 0 aliphatic rings. The molecule has 0 unspecified atom stereocenters. The van der Waals surface area contributed by atoms with Crippen LogP contribution in [0.5, 0.6) is 0 Å². The summed E-state index contributed by atoms with van der Waals surface area (Å²) in [4.78, 5) is 11.5. The van der Waals surface area contributed by atoms with Gasteiger partial charge in [0.25, 0.3) is 0 Å². The van der Waals surface area contributed by atoms with Crippen molar-refractivity contribution in [3.05, 3.63) is 65.2 Å². The molecular formula is C14H13ClN2O3S. The first-order valence-electron chi connectivity index (χ1n) is 6.02. The van der Waals surface area contributed by atoms with Crippen molar-refractivity contribution in [2.24, 2.45) is 5.73 Å². The molecule has 0 spiro atoms. The van der Waals surface area contributed by atoms with Crippen molar-refractivity contribution in [2.75, 3.05) is 0 Å². The van der Waals surface area contributed by atoms with Gasteiger partial charge in [0, 0.05) is 5.02 Å². The molecule has 0 heterocycles. The summed E-state index contributed by atoms with van der Waals surface area (Å²) < 4.78 is 26.9. The summed E-state index contributed by atoms with van der Waals surface area (Å²) in [6.07, 6.45) is 0. The van der Waals surface area contributed by atoms with Crippen molar-refractivity contribution in [1.29, 1.82) is 0 Å². The largest absolute Gasteiger partial charge is 0.368 e. The highest BCUT2D eigenvalue weighted by Gasteiger charge is 2.25. The second kappa shape index (κ2) is 6.26. The number of primary amides is 1. The maximum absolute atomic E-state index is 12.3. The lowest BCUT2D eigenvalue weighted by Crippen LogP contribution is -2.37. The zero-order chi connectivity index (χ0) is 15.5. The highest BCUT2D eigenvalue weighted by atomic mass is 35.5. The van der Waals surface area contributed by atoms with Gasteiger partial charge in [-0.15, -0.1) is 0 Å². The molecule has 2 rings (SSSR count). The summed E-state index contributed by atoms with van der Waals surface area (Å²) in [5.74, 6) is -0.785. The lowest BCUT2D eigenvalue weighted by Gasteiger charge is -2.16. The highest BCUT2D eigenvalue weighted by Crippen LogP contribution is 2.19. The van der Waals surface area contributed by atoms with Crippen LogP contribution in [0.2, 0.25) is 5.02 Å². The van der Waals surface area contributed by atoms with Gasteiger partial charge in [-0.2, -0.15) is 4.72 Å². The summed E-state index contributed by atoms with van der Waals surface area (Å²) in [6.45, 7) is 0. The van der Waals surface area contributed by atoms with Crippen LogP contribution in [0.15, 0.2) is 59.5 Å². The van der Waals surface area contributed by atoms with E-state index in [2.05, 4.69) is 4.72 Å². The number of carbonyl (C=O) groups is 1. The first-order chi connectivity index (χ1) is 9.90. The molecule has 0 fully saturated rings. The summed E-state index contributed by atoms with van der Waals surface area (Å²) >= 11 is 5.78. The minimum absolute atomic E-state index is 0.0304. The number of hydrogen-bond donors (Lipinski definition) is 2. The van der Waals surface area contributed by atoms with Gasteiger partial charge in [0.05, 0.1) is 4.90 Å². The van der Waals surface area contributed by atoms with E-state index in [0.29, 0.717) is 5.56 Å². The Morgan fingerprint density at radius 1 is 1.10 bits per heavy atom. The molecule has 0 aliphatic carbocycles. The van der Waals surface area contributed by atoms with E-state index >= 15 is 0 Å². The van der Waals surface area contributed by atoms with Gasteiger partial charge >= 0.3 is 0 Å². The van der Waals surface area contributed by atoms with E-state index in [-0.39, 0.29) is 9.92 Å². The number of carbonyl (C=O) groups excluding carboxylic acids is 1. The molecule has 110 valence electrons. The monoisotopic (exact) mass is 324 g/mol. The second-order valence-corrected chi connectivity index (χ2v) is 6.48. The van der Waals surface area contributed by atoms with Crippen molar-refractivity contribution >= 4 is 27.5 Å². The molecule has 7 heteroatoms. The number of halogens is 1. The maximum atomic E-state index is 12.3. The van der Waals surface area contributed by atoms with Crippen molar-refractivity contribution in [3.63, 3.8) is 0 Å². The SMILES string of the molecule is NC(=O)[C@@H](NS(=O)(=O)c1cccc(Cl)c1)c1ccccc1. The molecule has 2 aromatic rings. The maximum Gasteiger partial charge on any atom is 0.241 e. The molecule has 0 aliphatic heterocycles. The molecule has 0 saturated carbocycles. The van der Waals surface area contributed by atoms with E-state index in [1.807, 2.05) is 0 Å². The molecule has 0 radical (unpaired) electrons. The first kappa shape index (κ1) is 15.5. The van der Waals surface area contributed by atoms with Crippen LogP contribution in [0.25, 0.3) is 0 Å². The molecule has 0 saturated heterocycles. The lowest BCUT2D eigenvalue weighted by atomic mass is 10.1. The number of nitrogens with one attached hydrogen (secondary N) is 1. The third-order valence-electron chi connectivity index (χ3n) is 2.80. The Balaban J connectivity index is 2.35. The molecule has 1 atom stereocenters.